The fourth-order valence-electron chi connectivity index (χ4n) is 2.17. The van der Waals surface area contributed by atoms with E-state index >= 15 is 0 Å². The Morgan fingerprint density at radius 1 is 1.33 bits per heavy atom. The van der Waals surface area contributed by atoms with Gasteiger partial charge in [-0.05, 0) is 25.1 Å². The Labute approximate surface area is 129 Å². The predicted octanol–water partition coefficient (Wildman–Crippen LogP) is 3.88. The Morgan fingerprint density at radius 3 is 2.86 bits per heavy atom. The van der Waals surface area contributed by atoms with Crippen LogP contribution in [-0.4, -0.2) is 22.1 Å². The van der Waals surface area contributed by atoms with Gasteiger partial charge >= 0.3 is 0 Å². The van der Waals surface area contributed by atoms with Crippen molar-refractivity contribution >= 4 is 11.8 Å². The van der Waals surface area contributed by atoms with E-state index in [1.54, 1.807) is 6.07 Å². The molecular formula is C16H22FN3S. The van der Waals surface area contributed by atoms with Gasteiger partial charge in [-0.25, -0.2) is 4.39 Å². The van der Waals surface area contributed by atoms with Gasteiger partial charge in [0.25, 0.3) is 0 Å². The molecule has 0 saturated carbocycles. The fourth-order valence-corrected chi connectivity index (χ4v) is 3.20. The van der Waals surface area contributed by atoms with Gasteiger partial charge in [0, 0.05) is 35.0 Å². The summed E-state index contributed by atoms with van der Waals surface area (Å²) in [7, 11) is 0. The van der Waals surface area contributed by atoms with Crippen LogP contribution in [0, 0.1) is 5.82 Å². The molecule has 1 heterocycles. The summed E-state index contributed by atoms with van der Waals surface area (Å²) >= 11 is 1.54. The SMILES string of the molecule is CCCn1cc(C(CSc2ccccc2F)NCC)cn1. The molecule has 1 N–H and O–H groups in total. The molecule has 114 valence electrons. The number of aryl methyl sites for hydroxylation is 1. The molecule has 3 nitrogen and oxygen atoms in total. The fraction of sp³-hybridized carbons (Fsp3) is 0.438. The molecule has 0 bridgehead atoms. The first kappa shape index (κ1) is 16.0. The predicted molar refractivity (Wildman–Crippen MR) is 86.1 cm³/mol. The normalized spacial score (nSPS) is 12.5. The van der Waals surface area contributed by atoms with Crippen LogP contribution in [0.5, 0.6) is 0 Å². The smallest absolute Gasteiger partial charge is 0.136 e. The summed E-state index contributed by atoms with van der Waals surface area (Å²) in [6.45, 7) is 6.02. The molecule has 5 heteroatoms. The van der Waals surface area contributed by atoms with E-state index in [0.717, 1.165) is 30.8 Å². The molecule has 0 radical (unpaired) electrons. The van der Waals surface area contributed by atoms with Crippen LogP contribution in [0.3, 0.4) is 0 Å². The lowest BCUT2D eigenvalue weighted by atomic mass is 10.2. The summed E-state index contributed by atoms with van der Waals surface area (Å²) in [6.07, 6.45) is 5.06. The lowest BCUT2D eigenvalue weighted by Crippen LogP contribution is -2.22. The van der Waals surface area contributed by atoms with Crippen LogP contribution in [0.2, 0.25) is 0 Å². The van der Waals surface area contributed by atoms with Crippen molar-refractivity contribution in [2.45, 2.75) is 37.8 Å². The molecule has 0 spiro atoms. The Kier molecular flexibility index (Phi) is 6.26. The Balaban J connectivity index is 2.03. The van der Waals surface area contributed by atoms with Crippen molar-refractivity contribution in [2.75, 3.05) is 12.3 Å². The number of benzene rings is 1. The largest absolute Gasteiger partial charge is 0.309 e. The van der Waals surface area contributed by atoms with Crippen LogP contribution in [0.1, 0.15) is 31.9 Å². The second-order valence-corrected chi connectivity index (χ2v) is 5.95. The van der Waals surface area contributed by atoms with E-state index in [9.17, 15) is 4.39 Å². The van der Waals surface area contributed by atoms with Crippen molar-refractivity contribution in [1.82, 2.24) is 15.1 Å². The van der Waals surface area contributed by atoms with Gasteiger partial charge in [-0.1, -0.05) is 26.0 Å². The summed E-state index contributed by atoms with van der Waals surface area (Å²) in [6, 6.07) is 7.10. The number of hydrogen-bond acceptors (Lipinski definition) is 3. The van der Waals surface area contributed by atoms with Crippen molar-refractivity contribution < 1.29 is 4.39 Å². The number of halogens is 1. The third kappa shape index (κ3) is 4.58. The van der Waals surface area contributed by atoms with Crippen molar-refractivity contribution in [3.05, 3.63) is 48.0 Å². The highest BCUT2D eigenvalue weighted by molar-refractivity contribution is 7.99. The minimum atomic E-state index is -0.153. The second-order valence-electron chi connectivity index (χ2n) is 4.89. The monoisotopic (exact) mass is 307 g/mol. The van der Waals surface area contributed by atoms with Gasteiger partial charge in [-0.3, -0.25) is 4.68 Å². The number of aromatic nitrogens is 2. The molecule has 1 unspecified atom stereocenters. The van der Waals surface area contributed by atoms with Crippen molar-refractivity contribution in [2.24, 2.45) is 0 Å². The molecule has 1 aromatic carbocycles. The molecule has 0 saturated heterocycles. The van der Waals surface area contributed by atoms with Crippen LogP contribution in [-0.2, 0) is 6.54 Å². The molecule has 1 aromatic heterocycles. The van der Waals surface area contributed by atoms with Crippen molar-refractivity contribution in [1.29, 1.82) is 0 Å². The Bertz CT molecular complexity index is 556. The topological polar surface area (TPSA) is 29.9 Å². The lowest BCUT2D eigenvalue weighted by Gasteiger charge is -2.16. The molecule has 2 aromatic rings. The zero-order chi connectivity index (χ0) is 15.1. The third-order valence-electron chi connectivity index (χ3n) is 3.20. The Hall–Kier alpha value is -1.33. The third-order valence-corrected chi connectivity index (χ3v) is 4.34. The first-order chi connectivity index (χ1) is 10.2. The zero-order valence-electron chi connectivity index (χ0n) is 12.6. The molecule has 0 fully saturated rings. The summed E-state index contributed by atoms with van der Waals surface area (Å²) in [5, 5.41) is 7.82. The number of nitrogens with zero attached hydrogens (tertiary/aromatic N) is 2. The van der Waals surface area contributed by atoms with E-state index in [1.807, 2.05) is 23.0 Å². The van der Waals surface area contributed by atoms with Crippen molar-refractivity contribution in [3.63, 3.8) is 0 Å². The highest BCUT2D eigenvalue weighted by atomic mass is 32.2. The lowest BCUT2D eigenvalue weighted by molar-refractivity contribution is 0.588. The summed E-state index contributed by atoms with van der Waals surface area (Å²) in [5.74, 6) is 0.631. The number of rotatable bonds is 8. The van der Waals surface area contributed by atoms with Gasteiger partial charge in [-0.2, -0.15) is 5.10 Å². The highest BCUT2D eigenvalue weighted by Crippen LogP contribution is 2.26. The van der Waals surface area contributed by atoms with Gasteiger partial charge in [0.1, 0.15) is 5.82 Å². The van der Waals surface area contributed by atoms with Crippen LogP contribution in [0.25, 0.3) is 0 Å². The first-order valence-corrected chi connectivity index (χ1v) is 8.36. The maximum atomic E-state index is 13.7. The van der Waals surface area contributed by atoms with Gasteiger partial charge in [0.2, 0.25) is 0 Å². The first-order valence-electron chi connectivity index (χ1n) is 7.37. The van der Waals surface area contributed by atoms with E-state index in [4.69, 9.17) is 0 Å². The number of hydrogen-bond donors (Lipinski definition) is 1. The Morgan fingerprint density at radius 2 is 2.14 bits per heavy atom. The van der Waals surface area contributed by atoms with Gasteiger partial charge < -0.3 is 5.32 Å². The molecular weight excluding hydrogens is 285 g/mol. The second kappa shape index (κ2) is 8.20. The van der Waals surface area contributed by atoms with Gasteiger partial charge in [0.05, 0.1) is 6.20 Å². The molecule has 2 rings (SSSR count). The van der Waals surface area contributed by atoms with Crippen LogP contribution >= 0.6 is 11.8 Å². The molecule has 1 atom stereocenters. The van der Waals surface area contributed by atoms with Crippen molar-refractivity contribution in [3.8, 4) is 0 Å². The minimum Gasteiger partial charge on any atom is -0.309 e. The number of thioether (sulfide) groups is 1. The standard InChI is InChI=1S/C16H22FN3S/c1-3-9-20-11-13(10-19-20)15(18-4-2)12-21-16-8-6-5-7-14(16)17/h5-8,10-11,15,18H,3-4,9,12H2,1-2H3. The molecule has 0 aliphatic heterocycles. The molecule has 0 amide bonds. The van der Waals surface area contributed by atoms with E-state index < -0.39 is 0 Å². The maximum Gasteiger partial charge on any atom is 0.136 e. The average molecular weight is 307 g/mol. The molecule has 21 heavy (non-hydrogen) atoms. The zero-order valence-corrected chi connectivity index (χ0v) is 13.4. The molecule has 0 aliphatic carbocycles. The summed E-state index contributed by atoms with van der Waals surface area (Å²) in [4.78, 5) is 0.696. The highest BCUT2D eigenvalue weighted by Gasteiger charge is 2.14. The van der Waals surface area contributed by atoms with Crippen LogP contribution in [0.4, 0.5) is 4.39 Å². The molecule has 0 aliphatic rings. The van der Waals surface area contributed by atoms with Crippen LogP contribution < -0.4 is 5.32 Å². The van der Waals surface area contributed by atoms with Crippen LogP contribution in [0.15, 0.2) is 41.6 Å². The average Bonchev–Trinajstić information content (AvgIpc) is 2.94. The quantitative estimate of drug-likeness (QED) is 0.751. The van der Waals surface area contributed by atoms with Gasteiger partial charge in [-0.15, -0.1) is 11.8 Å². The summed E-state index contributed by atoms with van der Waals surface area (Å²) in [5.41, 5.74) is 1.16. The van der Waals surface area contributed by atoms with E-state index in [1.165, 1.54) is 17.8 Å². The minimum absolute atomic E-state index is 0.153. The van der Waals surface area contributed by atoms with E-state index in [-0.39, 0.29) is 11.9 Å². The number of nitrogens with one attached hydrogen (secondary N) is 1. The summed E-state index contributed by atoms with van der Waals surface area (Å²) < 4.78 is 15.6. The maximum absolute atomic E-state index is 13.7. The van der Waals surface area contributed by atoms with E-state index in [2.05, 4.69) is 30.5 Å². The van der Waals surface area contributed by atoms with Gasteiger partial charge in [0.15, 0.2) is 0 Å². The van der Waals surface area contributed by atoms with E-state index in [0.29, 0.717) is 4.90 Å².